The zero-order valence-electron chi connectivity index (χ0n) is 10.4. The zero-order valence-corrected chi connectivity index (χ0v) is 10.4. The maximum absolute atomic E-state index is 11.4. The lowest BCUT2D eigenvalue weighted by molar-refractivity contribution is -0.121. The number of carbonyl (C=O) groups is 2. The Kier molecular flexibility index (Phi) is 4.85. The van der Waals surface area contributed by atoms with E-state index in [1.165, 1.54) is 25.3 Å². The van der Waals surface area contributed by atoms with Gasteiger partial charge < -0.3 is 26.4 Å². The molecular formula is C12H16N2O5. The highest BCUT2D eigenvalue weighted by Crippen LogP contribution is 2.23. The van der Waals surface area contributed by atoms with Crippen LogP contribution in [0.1, 0.15) is 28.4 Å². The quantitative estimate of drug-likeness (QED) is 0.413. The second-order valence-corrected chi connectivity index (χ2v) is 4.02. The predicted molar refractivity (Wildman–Crippen MR) is 67.0 cm³/mol. The number of methoxy groups -OCH3 is 1. The van der Waals surface area contributed by atoms with Gasteiger partial charge in [-0.25, -0.2) is 4.79 Å². The Morgan fingerprint density at radius 2 is 2.00 bits per heavy atom. The molecule has 1 rings (SSSR count). The number of nitrogens with two attached hydrogens (primary N) is 2. The highest BCUT2D eigenvalue weighted by atomic mass is 16.5. The molecular weight excluding hydrogens is 252 g/mol. The van der Waals surface area contributed by atoms with E-state index in [9.17, 15) is 19.8 Å². The lowest BCUT2D eigenvalue weighted by atomic mass is 9.99. The van der Waals surface area contributed by atoms with Crippen LogP contribution in [0.25, 0.3) is 0 Å². The number of aliphatic hydroxyl groups excluding tert-OH is 2. The van der Waals surface area contributed by atoms with E-state index in [0.717, 1.165) is 0 Å². The van der Waals surface area contributed by atoms with Gasteiger partial charge in [0.1, 0.15) is 6.10 Å². The maximum atomic E-state index is 11.4. The lowest BCUT2D eigenvalue weighted by Gasteiger charge is -2.17. The van der Waals surface area contributed by atoms with Crippen molar-refractivity contribution in [2.45, 2.75) is 18.6 Å². The summed E-state index contributed by atoms with van der Waals surface area (Å²) in [5, 5.41) is 19.5. The molecule has 0 heterocycles. The van der Waals surface area contributed by atoms with Crippen LogP contribution in [0, 0.1) is 0 Å². The number of anilines is 1. The fraction of sp³-hybridized carbons (Fsp3) is 0.333. The molecule has 0 aromatic heterocycles. The third-order valence-electron chi connectivity index (χ3n) is 2.60. The molecule has 6 N–H and O–H groups in total. The number of esters is 1. The number of carbonyl (C=O) groups excluding carboxylic acids is 2. The van der Waals surface area contributed by atoms with E-state index >= 15 is 0 Å². The van der Waals surface area contributed by atoms with Crippen LogP contribution in [0.2, 0.25) is 0 Å². The molecule has 2 atom stereocenters. The van der Waals surface area contributed by atoms with Crippen LogP contribution in [0.5, 0.6) is 0 Å². The number of ether oxygens (including phenoxy) is 1. The van der Waals surface area contributed by atoms with Gasteiger partial charge >= 0.3 is 5.97 Å². The van der Waals surface area contributed by atoms with Gasteiger partial charge in [-0.3, -0.25) is 4.79 Å². The Labute approximate surface area is 109 Å². The predicted octanol–water partition coefficient (Wildman–Crippen LogP) is -0.675. The Hall–Kier alpha value is -2.12. The van der Waals surface area contributed by atoms with Crippen molar-refractivity contribution in [1.29, 1.82) is 0 Å². The SMILES string of the molecule is COC(=O)c1cc(C(O)C(O)CC(N)=O)ccc1N. The van der Waals surface area contributed by atoms with Gasteiger partial charge in [-0.15, -0.1) is 0 Å². The van der Waals surface area contributed by atoms with Gasteiger partial charge in [-0.2, -0.15) is 0 Å². The van der Waals surface area contributed by atoms with Crippen LogP contribution in [0.3, 0.4) is 0 Å². The Morgan fingerprint density at radius 3 is 2.53 bits per heavy atom. The highest BCUT2D eigenvalue weighted by Gasteiger charge is 2.22. The highest BCUT2D eigenvalue weighted by molar-refractivity contribution is 5.95. The molecule has 7 heteroatoms. The van der Waals surface area contributed by atoms with Crippen molar-refractivity contribution in [1.82, 2.24) is 0 Å². The smallest absolute Gasteiger partial charge is 0.339 e. The molecule has 2 unspecified atom stereocenters. The van der Waals surface area contributed by atoms with Gasteiger partial charge in [0.15, 0.2) is 0 Å². The summed E-state index contributed by atoms with van der Waals surface area (Å²) in [6, 6.07) is 4.15. The molecule has 0 radical (unpaired) electrons. The van der Waals surface area contributed by atoms with E-state index in [0.29, 0.717) is 0 Å². The second kappa shape index (κ2) is 6.17. The molecule has 104 valence electrons. The van der Waals surface area contributed by atoms with Crippen LogP contribution < -0.4 is 11.5 Å². The Bertz CT molecular complexity index is 489. The summed E-state index contributed by atoms with van der Waals surface area (Å²) >= 11 is 0. The molecule has 19 heavy (non-hydrogen) atoms. The standard InChI is InChI=1S/C12H16N2O5/c1-19-12(18)7-4-6(2-3-8(7)13)11(17)9(15)5-10(14)16/h2-4,9,11,15,17H,5,13H2,1H3,(H2,14,16). The van der Waals surface area contributed by atoms with Gasteiger partial charge in [0, 0.05) is 5.69 Å². The van der Waals surface area contributed by atoms with Crippen molar-refractivity contribution < 1.29 is 24.5 Å². The van der Waals surface area contributed by atoms with Crippen molar-refractivity contribution >= 4 is 17.6 Å². The molecule has 1 aromatic carbocycles. The minimum atomic E-state index is -1.35. The maximum Gasteiger partial charge on any atom is 0.339 e. The molecule has 0 spiro atoms. The van der Waals surface area contributed by atoms with Crippen molar-refractivity contribution in [2.24, 2.45) is 5.73 Å². The molecule has 0 aliphatic carbocycles. The van der Waals surface area contributed by atoms with Crippen LogP contribution in [-0.2, 0) is 9.53 Å². The minimum Gasteiger partial charge on any atom is -0.465 e. The number of hydrogen-bond acceptors (Lipinski definition) is 6. The monoisotopic (exact) mass is 268 g/mol. The van der Waals surface area contributed by atoms with E-state index in [1.807, 2.05) is 0 Å². The molecule has 7 nitrogen and oxygen atoms in total. The third kappa shape index (κ3) is 3.67. The van der Waals surface area contributed by atoms with E-state index in [1.54, 1.807) is 0 Å². The Morgan fingerprint density at radius 1 is 1.37 bits per heavy atom. The third-order valence-corrected chi connectivity index (χ3v) is 2.60. The molecule has 1 amide bonds. The molecule has 0 saturated carbocycles. The number of primary amides is 1. The number of rotatable bonds is 5. The number of hydrogen-bond donors (Lipinski definition) is 4. The fourth-order valence-electron chi connectivity index (χ4n) is 1.58. The lowest BCUT2D eigenvalue weighted by Crippen LogP contribution is -2.25. The molecule has 0 fully saturated rings. The average Bonchev–Trinajstić information content (AvgIpc) is 2.36. The molecule has 0 saturated heterocycles. The first kappa shape index (κ1) is 14.9. The van der Waals surface area contributed by atoms with Crippen molar-refractivity contribution in [3.8, 4) is 0 Å². The van der Waals surface area contributed by atoms with Crippen LogP contribution in [-0.4, -0.2) is 35.3 Å². The van der Waals surface area contributed by atoms with E-state index in [4.69, 9.17) is 11.5 Å². The number of amides is 1. The first-order chi connectivity index (χ1) is 8.86. The molecule has 1 aromatic rings. The van der Waals surface area contributed by atoms with Gasteiger partial charge in [0.25, 0.3) is 0 Å². The van der Waals surface area contributed by atoms with Crippen LogP contribution in [0.15, 0.2) is 18.2 Å². The normalized spacial score (nSPS) is 13.6. The molecule has 0 aliphatic rings. The molecule has 0 aliphatic heterocycles. The van der Waals surface area contributed by atoms with Crippen molar-refractivity contribution in [3.63, 3.8) is 0 Å². The summed E-state index contributed by atoms with van der Waals surface area (Å²) in [5.74, 6) is -1.40. The van der Waals surface area contributed by atoms with Gasteiger partial charge in [0.05, 0.1) is 25.2 Å². The number of benzene rings is 1. The van der Waals surface area contributed by atoms with Gasteiger partial charge in [-0.1, -0.05) is 6.07 Å². The summed E-state index contributed by atoms with van der Waals surface area (Å²) in [6.07, 6.45) is -3.10. The molecule has 0 bridgehead atoms. The van der Waals surface area contributed by atoms with Gasteiger partial charge in [-0.05, 0) is 17.7 Å². The zero-order chi connectivity index (χ0) is 14.6. The second-order valence-electron chi connectivity index (χ2n) is 4.02. The number of nitrogen functional groups attached to an aromatic ring is 1. The fourth-order valence-corrected chi connectivity index (χ4v) is 1.58. The minimum absolute atomic E-state index is 0.0744. The van der Waals surface area contributed by atoms with Gasteiger partial charge in [0.2, 0.25) is 5.91 Å². The summed E-state index contributed by atoms with van der Waals surface area (Å²) in [6.45, 7) is 0. The van der Waals surface area contributed by atoms with E-state index in [2.05, 4.69) is 4.74 Å². The first-order valence-electron chi connectivity index (χ1n) is 5.49. The Balaban J connectivity index is 3.01. The summed E-state index contributed by atoms with van der Waals surface area (Å²) in [7, 11) is 1.20. The number of aliphatic hydroxyl groups is 2. The van der Waals surface area contributed by atoms with Crippen molar-refractivity contribution in [3.05, 3.63) is 29.3 Å². The van der Waals surface area contributed by atoms with E-state index in [-0.39, 0.29) is 23.2 Å². The van der Waals surface area contributed by atoms with E-state index < -0.39 is 24.1 Å². The van der Waals surface area contributed by atoms with Crippen molar-refractivity contribution in [2.75, 3.05) is 12.8 Å². The van der Waals surface area contributed by atoms with Crippen LogP contribution >= 0.6 is 0 Å². The summed E-state index contributed by atoms with van der Waals surface area (Å²) in [5.41, 5.74) is 11.0. The first-order valence-corrected chi connectivity index (χ1v) is 5.49. The van der Waals surface area contributed by atoms with Crippen LogP contribution in [0.4, 0.5) is 5.69 Å². The average molecular weight is 268 g/mol. The summed E-state index contributed by atoms with van der Waals surface area (Å²) < 4.78 is 4.54. The summed E-state index contributed by atoms with van der Waals surface area (Å²) in [4.78, 5) is 22.1. The largest absolute Gasteiger partial charge is 0.465 e. The topological polar surface area (TPSA) is 136 Å².